The van der Waals surface area contributed by atoms with Crippen molar-refractivity contribution in [2.45, 2.75) is 25.7 Å². The Bertz CT molecular complexity index is 451. The fourth-order valence-electron chi connectivity index (χ4n) is 2.55. The molecule has 2 N–H and O–H groups in total. The van der Waals surface area contributed by atoms with E-state index in [-0.39, 0.29) is 0 Å². The summed E-state index contributed by atoms with van der Waals surface area (Å²) in [4.78, 5) is 11.2. The maximum Gasteiger partial charge on any atom is 0.227 e. The third kappa shape index (κ3) is 3.23. The molecule has 0 aromatic carbocycles. The molecule has 19 heavy (non-hydrogen) atoms. The molecule has 102 valence electrons. The van der Waals surface area contributed by atoms with E-state index in [1.165, 1.54) is 25.0 Å². The van der Waals surface area contributed by atoms with Crippen LogP contribution in [-0.4, -0.2) is 36.1 Å². The highest BCUT2D eigenvalue weighted by Crippen LogP contribution is 2.20. The molecule has 0 atom stereocenters. The number of anilines is 2. The van der Waals surface area contributed by atoms with E-state index in [1.807, 2.05) is 12.3 Å². The number of nitrogens with zero attached hydrogens (tertiary/aromatic N) is 3. The van der Waals surface area contributed by atoms with E-state index >= 15 is 0 Å². The number of hydrogen-bond donors (Lipinski definition) is 2. The van der Waals surface area contributed by atoms with Crippen molar-refractivity contribution < 1.29 is 0 Å². The van der Waals surface area contributed by atoms with Crippen molar-refractivity contribution in [3.8, 4) is 0 Å². The molecule has 0 amide bonds. The molecule has 1 aliphatic carbocycles. The summed E-state index contributed by atoms with van der Waals surface area (Å²) in [5.74, 6) is 1.75. The van der Waals surface area contributed by atoms with Gasteiger partial charge in [0.05, 0.1) is 0 Å². The minimum Gasteiger partial charge on any atom is -0.344 e. The lowest BCUT2D eigenvalue weighted by Gasteiger charge is -2.27. The van der Waals surface area contributed by atoms with Gasteiger partial charge in [0.2, 0.25) is 5.95 Å². The van der Waals surface area contributed by atoms with E-state index in [0.717, 1.165) is 44.4 Å². The van der Waals surface area contributed by atoms with Crippen molar-refractivity contribution in [1.29, 1.82) is 0 Å². The summed E-state index contributed by atoms with van der Waals surface area (Å²) in [5, 5.41) is 6.77. The highest BCUT2D eigenvalue weighted by molar-refractivity contribution is 5.45. The largest absolute Gasteiger partial charge is 0.344 e. The molecule has 1 fully saturated rings. The van der Waals surface area contributed by atoms with Crippen molar-refractivity contribution in [2.75, 3.05) is 36.4 Å². The van der Waals surface area contributed by atoms with Gasteiger partial charge in [-0.2, -0.15) is 4.98 Å². The van der Waals surface area contributed by atoms with Gasteiger partial charge < -0.3 is 15.5 Å². The molecule has 1 aliphatic heterocycles. The third-order valence-corrected chi connectivity index (χ3v) is 3.62. The summed E-state index contributed by atoms with van der Waals surface area (Å²) in [5.41, 5.74) is 1.30. The summed E-state index contributed by atoms with van der Waals surface area (Å²) >= 11 is 0. The van der Waals surface area contributed by atoms with Gasteiger partial charge in [-0.25, -0.2) is 4.98 Å². The Morgan fingerprint density at radius 1 is 1.21 bits per heavy atom. The van der Waals surface area contributed by atoms with Gasteiger partial charge in [0, 0.05) is 38.1 Å². The van der Waals surface area contributed by atoms with Gasteiger partial charge in [0.1, 0.15) is 5.82 Å². The predicted octanol–water partition coefficient (Wildman–Crippen LogP) is 1.76. The van der Waals surface area contributed by atoms with E-state index in [4.69, 9.17) is 0 Å². The average molecular weight is 259 g/mol. The lowest BCUT2D eigenvalue weighted by molar-refractivity contribution is 0.580. The van der Waals surface area contributed by atoms with Crippen LogP contribution in [0.2, 0.25) is 0 Å². The number of nitrogens with one attached hydrogen (secondary N) is 2. The minimum atomic E-state index is 0.836. The Morgan fingerprint density at radius 2 is 2.11 bits per heavy atom. The first-order chi connectivity index (χ1) is 9.42. The van der Waals surface area contributed by atoms with Crippen LogP contribution in [0.3, 0.4) is 0 Å². The number of hydrogen-bond acceptors (Lipinski definition) is 5. The van der Waals surface area contributed by atoms with Crippen LogP contribution in [0.25, 0.3) is 0 Å². The highest BCUT2D eigenvalue weighted by Gasteiger charge is 2.13. The molecule has 2 aliphatic rings. The van der Waals surface area contributed by atoms with Crippen molar-refractivity contribution in [3.63, 3.8) is 0 Å². The van der Waals surface area contributed by atoms with Gasteiger partial charge in [-0.05, 0) is 31.7 Å². The highest BCUT2D eigenvalue weighted by atomic mass is 15.3. The normalized spacial score (nSPS) is 20.0. The zero-order chi connectivity index (χ0) is 12.9. The minimum absolute atomic E-state index is 0.836. The van der Waals surface area contributed by atoms with E-state index in [0.29, 0.717) is 0 Å². The first kappa shape index (κ1) is 12.4. The van der Waals surface area contributed by atoms with Gasteiger partial charge in [0.15, 0.2) is 0 Å². The van der Waals surface area contributed by atoms with E-state index in [9.17, 15) is 0 Å². The van der Waals surface area contributed by atoms with Gasteiger partial charge in [-0.15, -0.1) is 0 Å². The summed E-state index contributed by atoms with van der Waals surface area (Å²) in [6.07, 6.45) is 9.02. The van der Waals surface area contributed by atoms with Gasteiger partial charge in [-0.1, -0.05) is 6.08 Å². The van der Waals surface area contributed by atoms with Crippen LogP contribution in [-0.2, 0) is 0 Å². The standard InChI is InChI=1S/C14H21N5/c1-2-4-12(5-3-1)17-13-6-7-16-14(18-13)19-10-8-15-9-11-19/h4,6-7,15H,1-3,5,8-11H2,(H,16,17,18). The molecule has 0 bridgehead atoms. The summed E-state index contributed by atoms with van der Waals surface area (Å²) in [7, 11) is 0. The molecule has 0 unspecified atom stereocenters. The Labute approximate surface area is 114 Å². The molecule has 5 nitrogen and oxygen atoms in total. The maximum absolute atomic E-state index is 4.63. The summed E-state index contributed by atoms with van der Waals surface area (Å²) in [6, 6.07) is 1.95. The molecule has 3 rings (SSSR count). The maximum atomic E-state index is 4.63. The Kier molecular flexibility index (Phi) is 3.93. The second kappa shape index (κ2) is 6.02. The van der Waals surface area contributed by atoms with Crippen LogP contribution in [0.5, 0.6) is 0 Å². The lowest BCUT2D eigenvalue weighted by atomic mass is 10.1. The first-order valence-corrected chi connectivity index (χ1v) is 7.16. The Morgan fingerprint density at radius 3 is 2.89 bits per heavy atom. The number of aromatic nitrogens is 2. The molecular weight excluding hydrogens is 238 g/mol. The average Bonchev–Trinajstić information content (AvgIpc) is 2.49. The van der Waals surface area contributed by atoms with Gasteiger partial charge in [0.25, 0.3) is 0 Å². The predicted molar refractivity (Wildman–Crippen MR) is 77.3 cm³/mol. The quantitative estimate of drug-likeness (QED) is 0.866. The van der Waals surface area contributed by atoms with E-state index in [2.05, 4.69) is 31.6 Å². The second-order valence-corrected chi connectivity index (χ2v) is 5.08. The van der Waals surface area contributed by atoms with Crippen molar-refractivity contribution in [1.82, 2.24) is 15.3 Å². The second-order valence-electron chi connectivity index (χ2n) is 5.08. The van der Waals surface area contributed by atoms with E-state index < -0.39 is 0 Å². The molecular formula is C14H21N5. The molecule has 2 heterocycles. The Balaban J connectivity index is 1.70. The fourth-order valence-corrected chi connectivity index (χ4v) is 2.55. The molecule has 1 aromatic heterocycles. The molecule has 0 saturated carbocycles. The van der Waals surface area contributed by atoms with E-state index in [1.54, 1.807) is 0 Å². The topological polar surface area (TPSA) is 53.1 Å². The third-order valence-electron chi connectivity index (χ3n) is 3.62. The van der Waals surface area contributed by atoms with Crippen molar-refractivity contribution >= 4 is 11.8 Å². The number of allylic oxidation sites excluding steroid dienone is 2. The smallest absolute Gasteiger partial charge is 0.227 e. The Hall–Kier alpha value is -1.62. The molecule has 0 spiro atoms. The van der Waals surface area contributed by atoms with Crippen LogP contribution >= 0.6 is 0 Å². The van der Waals surface area contributed by atoms with Crippen LogP contribution in [0.1, 0.15) is 25.7 Å². The van der Waals surface area contributed by atoms with Gasteiger partial charge in [-0.3, -0.25) is 0 Å². The first-order valence-electron chi connectivity index (χ1n) is 7.16. The van der Waals surface area contributed by atoms with Crippen LogP contribution in [0, 0.1) is 0 Å². The van der Waals surface area contributed by atoms with Crippen LogP contribution < -0.4 is 15.5 Å². The lowest BCUT2D eigenvalue weighted by Crippen LogP contribution is -2.44. The summed E-state index contributed by atoms with van der Waals surface area (Å²) in [6.45, 7) is 3.97. The summed E-state index contributed by atoms with van der Waals surface area (Å²) < 4.78 is 0. The zero-order valence-corrected chi connectivity index (χ0v) is 11.2. The van der Waals surface area contributed by atoms with Crippen molar-refractivity contribution in [2.24, 2.45) is 0 Å². The molecule has 1 saturated heterocycles. The van der Waals surface area contributed by atoms with Gasteiger partial charge >= 0.3 is 0 Å². The zero-order valence-electron chi connectivity index (χ0n) is 11.2. The molecule has 1 aromatic rings. The number of piperazine rings is 1. The molecule has 5 heteroatoms. The SMILES string of the molecule is C1=C(Nc2ccnc(N3CCNCC3)n2)CCCC1. The number of rotatable bonds is 3. The van der Waals surface area contributed by atoms with Crippen LogP contribution in [0.4, 0.5) is 11.8 Å². The monoisotopic (exact) mass is 259 g/mol. The fraction of sp³-hybridized carbons (Fsp3) is 0.571. The van der Waals surface area contributed by atoms with Crippen molar-refractivity contribution in [3.05, 3.63) is 24.0 Å². The molecule has 0 radical (unpaired) electrons. The van der Waals surface area contributed by atoms with Crippen LogP contribution in [0.15, 0.2) is 24.0 Å².